The fourth-order valence-corrected chi connectivity index (χ4v) is 2.49. The molecular formula is C13H19ClN2. The summed E-state index contributed by atoms with van der Waals surface area (Å²) < 4.78 is 0. The van der Waals surface area contributed by atoms with E-state index in [9.17, 15) is 0 Å². The van der Waals surface area contributed by atoms with E-state index in [1.807, 2.05) is 12.3 Å². The first-order valence-electron chi connectivity index (χ1n) is 6.01. The summed E-state index contributed by atoms with van der Waals surface area (Å²) in [6.07, 6.45) is 4.55. The molecule has 0 bridgehead atoms. The highest BCUT2D eigenvalue weighted by molar-refractivity contribution is 6.29. The van der Waals surface area contributed by atoms with E-state index in [2.05, 4.69) is 29.8 Å². The van der Waals surface area contributed by atoms with Crippen LogP contribution < -0.4 is 0 Å². The Balaban J connectivity index is 2.00. The first-order valence-corrected chi connectivity index (χ1v) is 6.39. The molecule has 0 spiro atoms. The Kier molecular flexibility index (Phi) is 3.82. The highest BCUT2D eigenvalue weighted by Crippen LogP contribution is 2.24. The van der Waals surface area contributed by atoms with Gasteiger partial charge in [0.25, 0.3) is 0 Å². The number of aromatic nitrogens is 1. The zero-order valence-corrected chi connectivity index (χ0v) is 10.7. The predicted molar refractivity (Wildman–Crippen MR) is 67.5 cm³/mol. The Labute approximate surface area is 103 Å². The minimum atomic E-state index is 0.573. The van der Waals surface area contributed by atoms with Crippen molar-refractivity contribution in [2.24, 2.45) is 5.92 Å². The van der Waals surface area contributed by atoms with Gasteiger partial charge in [0, 0.05) is 18.8 Å². The van der Waals surface area contributed by atoms with E-state index in [0.29, 0.717) is 11.2 Å². The Morgan fingerprint density at radius 2 is 2.25 bits per heavy atom. The van der Waals surface area contributed by atoms with Crippen LogP contribution in [0.15, 0.2) is 18.3 Å². The normalized spacial score (nSPS) is 26.9. The van der Waals surface area contributed by atoms with Crippen LogP contribution in [-0.2, 0) is 6.54 Å². The molecule has 0 saturated carbocycles. The van der Waals surface area contributed by atoms with Crippen LogP contribution in [0.3, 0.4) is 0 Å². The summed E-state index contributed by atoms with van der Waals surface area (Å²) in [7, 11) is 0. The van der Waals surface area contributed by atoms with Crippen LogP contribution in [0.1, 0.15) is 32.3 Å². The number of piperidine rings is 1. The zero-order valence-electron chi connectivity index (χ0n) is 9.99. The van der Waals surface area contributed by atoms with Gasteiger partial charge >= 0.3 is 0 Å². The Morgan fingerprint density at radius 3 is 2.94 bits per heavy atom. The monoisotopic (exact) mass is 238 g/mol. The van der Waals surface area contributed by atoms with Crippen molar-refractivity contribution < 1.29 is 0 Å². The maximum Gasteiger partial charge on any atom is 0.129 e. The molecule has 0 amide bonds. The highest BCUT2D eigenvalue weighted by atomic mass is 35.5. The van der Waals surface area contributed by atoms with Crippen LogP contribution in [0.2, 0.25) is 5.15 Å². The van der Waals surface area contributed by atoms with Gasteiger partial charge in [0.1, 0.15) is 5.15 Å². The number of pyridine rings is 1. The average Bonchev–Trinajstić information content (AvgIpc) is 2.28. The van der Waals surface area contributed by atoms with Gasteiger partial charge in [-0.1, -0.05) is 24.6 Å². The van der Waals surface area contributed by atoms with E-state index in [0.717, 1.165) is 12.5 Å². The van der Waals surface area contributed by atoms with E-state index >= 15 is 0 Å². The van der Waals surface area contributed by atoms with Gasteiger partial charge in [-0.05, 0) is 43.9 Å². The molecule has 88 valence electrons. The summed E-state index contributed by atoms with van der Waals surface area (Å²) in [4.78, 5) is 6.67. The summed E-state index contributed by atoms with van der Waals surface area (Å²) in [5.41, 5.74) is 1.25. The lowest BCUT2D eigenvalue weighted by Crippen LogP contribution is -2.41. The number of hydrogen-bond acceptors (Lipinski definition) is 2. The molecule has 1 aromatic heterocycles. The summed E-state index contributed by atoms with van der Waals surface area (Å²) in [5.74, 6) is 0.800. The van der Waals surface area contributed by atoms with Gasteiger partial charge in [-0.25, -0.2) is 4.98 Å². The largest absolute Gasteiger partial charge is 0.296 e. The third kappa shape index (κ3) is 2.74. The molecule has 0 aliphatic carbocycles. The number of likely N-dealkylation sites (tertiary alicyclic amines) is 1. The van der Waals surface area contributed by atoms with Crippen molar-refractivity contribution in [3.05, 3.63) is 29.0 Å². The lowest BCUT2D eigenvalue weighted by molar-refractivity contribution is 0.106. The predicted octanol–water partition coefficient (Wildman–Crippen LogP) is 3.36. The molecule has 1 aromatic rings. The van der Waals surface area contributed by atoms with Gasteiger partial charge in [0.05, 0.1) is 0 Å². The standard InChI is InChI=1S/C13H19ClN2/c1-10-4-3-7-16(11(10)2)9-12-5-6-13(14)15-8-12/h5-6,8,10-11H,3-4,7,9H2,1-2H3. The number of halogens is 1. The van der Waals surface area contributed by atoms with Crippen molar-refractivity contribution >= 4 is 11.6 Å². The van der Waals surface area contributed by atoms with E-state index in [-0.39, 0.29) is 0 Å². The maximum atomic E-state index is 5.78. The summed E-state index contributed by atoms with van der Waals surface area (Å²) in [6, 6.07) is 4.61. The Hall–Kier alpha value is -0.600. The van der Waals surface area contributed by atoms with Gasteiger partial charge in [-0.3, -0.25) is 4.90 Å². The van der Waals surface area contributed by atoms with E-state index in [1.165, 1.54) is 24.9 Å². The van der Waals surface area contributed by atoms with Crippen LogP contribution in [0, 0.1) is 5.92 Å². The summed E-state index contributed by atoms with van der Waals surface area (Å²) >= 11 is 5.78. The van der Waals surface area contributed by atoms with Crippen LogP contribution in [-0.4, -0.2) is 22.5 Å². The second-order valence-electron chi connectivity index (χ2n) is 4.82. The Bertz CT molecular complexity index is 336. The number of nitrogens with zero attached hydrogens (tertiary/aromatic N) is 2. The molecule has 2 rings (SSSR count). The number of rotatable bonds is 2. The summed E-state index contributed by atoms with van der Waals surface area (Å²) in [5, 5.41) is 0.573. The quantitative estimate of drug-likeness (QED) is 0.735. The fraction of sp³-hybridized carbons (Fsp3) is 0.615. The van der Waals surface area contributed by atoms with Gasteiger partial charge in [-0.15, -0.1) is 0 Å². The molecule has 2 atom stereocenters. The first kappa shape index (κ1) is 11.9. The van der Waals surface area contributed by atoms with Crippen LogP contribution >= 0.6 is 11.6 Å². The van der Waals surface area contributed by atoms with Gasteiger partial charge in [-0.2, -0.15) is 0 Å². The average molecular weight is 239 g/mol. The fourth-order valence-electron chi connectivity index (χ4n) is 2.38. The van der Waals surface area contributed by atoms with Crippen LogP contribution in [0.4, 0.5) is 0 Å². The molecule has 0 aromatic carbocycles. The number of hydrogen-bond donors (Lipinski definition) is 0. The molecular weight excluding hydrogens is 220 g/mol. The zero-order chi connectivity index (χ0) is 11.5. The molecule has 1 fully saturated rings. The van der Waals surface area contributed by atoms with E-state index < -0.39 is 0 Å². The minimum Gasteiger partial charge on any atom is -0.296 e. The highest BCUT2D eigenvalue weighted by Gasteiger charge is 2.24. The van der Waals surface area contributed by atoms with Crippen LogP contribution in [0.5, 0.6) is 0 Å². The molecule has 1 aliphatic rings. The maximum absolute atomic E-state index is 5.78. The minimum absolute atomic E-state index is 0.573. The SMILES string of the molecule is CC1CCCN(Cc2ccc(Cl)nc2)C1C. The van der Waals surface area contributed by atoms with Crippen molar-refractivity contribution in [3.8, 4) is 0 Å². The van der Waals surface area contributed by atoms with Crippen molar-refractivity contribution in [1.29, 1.82) is 0 Å². The molecule has 2 nitrogen and oxygen atoms in total. The third-order valence-electron chi connectivity index (χ3n) is 3.68. The smallest absolute Gasteiger partial charge is 0.129 e. The van der Waals surface area contributed by atoms with Gasteiger partial charge in [0.15, 0.2) is 0 Å². The van der Waals surface area contributed by atoms with E-state index in [4.69, 9.17) is 11.6 Å². The molecule has 0 radical (unpaired) electrons. The van der Waals surface area contributed by atoms with Crippen molar-refractivity contribution in [3.63, 3.8) is 0 Å². The van der Waals surface area contributed by atoms with Crippen molar-refractivity contribution in [2.75, 3.05) is 6.54 Å². The molecule has 1 saturated heterocycles. The topological polar surface area (TPSA) is 16.1 Å². The lowest BCUT2D eigenvalue weighted by Gasteiger charge is -2.37. The summed E-state index contributed by atoms with van der Waals surface area (Å²) in [6.45, 7) is 6.87. The molecule has 0 N–H and O–H groups in total. The van der Waals surface area contributed by atoms with E-state index in [1.54, 1.807) is 0 Å². The second kappa shape index (κ2) is 5.15. The van der Waals surface area contributed by atoms with Crippen molar-refractivity contribution in [1.82, 2.24) is 9.88 Å². The molecule has 2 heterocycles. The van der Waals surface area contributed by atoms with Gasteiger partial charge < -0.3 is 0 Å². The molecule has 3 heteroatoms. The second-order valence-corrected chi connectivity index (χ2v) is 5.21. The molecule has 1 aliphatic heterocycles. The molecule has 16 heavy (non-hydrogen) atoms. The van der Waals surface area contributed by atoms with Crippen molar-refractivity contribution in [2.45, 2.75) is 39.3 Å². The Morgan fingerprint density at radius 1 is 1.44 bits per heavy atom. The first-order chi connectivity index (χ1) is 7.66. The molecule has 2 unspecified atom stereocenters. The lowest BCUT2D eigenvalue weighted by atomic mass is 9.92. The van der Waals surface area contributed by atoms with Crippen LogP contribution in [0.25, 0.3) is 0 Å². The van der Waals surface area contributed by atoms with Gasteiger partial charge in [0.2, 0.25) is 0 Å². The third-order valence-corrected chi connectivity index (χ3v) is 3.90.